The number of benzene rings is 2. The SMILES string of the molecule is CC1=CC=CC1c1ccc(Cl)cc1C(=O)c1ccccc1. The van der Waals surface area contributed by atoms with Crippen LogP contribution in [0, 0.1) is 0 Å². The van der Waals surface area contributed by atoms with Crippen LogP contribution in [-0.4, -0.2) is 5.78 Å². The van der Waals surface area contributed by atoms with Crippen molar-refractivity contribution < 1.29 is 4.79 Å². The predicted octanol–water partition coefficient (Wildman–Crippen LogP) is 5.17. The van der Waals surface area contributed by atoms with E-state index in [0.717, 1.165) is 5.56 Å². The van der Waals surface area contributed by atoms with Crippen molar-refractivity contribution in [2.75, 3.05) is 0 Å². The van der Waals surface area contributed by atoms with Gasteiger partial charge in [-0.25, -0.2) is 0 Å². The zero-order chi connectivity index (χ0) is 14.8. The lowest BCUT2D eigenvalue weighted by molar-refractivity contribution is 0.103. The number of carbonyl (C=O) groups excluding carboxylic acids is 1. The Morgan fingerprint density at radius 2 is 1.86 bits per heavy atom. The molecule has 0 saturated heterocycles. The lowest BCUT2D eigenvalue weighted by Crippen LogP contribution is -2.08. The van der Waals surface area contributed by atoms with Crippen LogP contribution in [0.2, 0.25) is 5.02 Å². The second-order valence-corrected chi connectivity index (χ2v) is 5.64. The largest absolute Gasteiger partial charge is 0.289 e. The fourth-order valence-electron chi connectivity index (χ4n) is 2.66. The van der Waals surface area contributed by atoms with Crippen LogP contribution in [0.15, 0.2) is 72.3 Å². The lowest BCUT2D eigenvalue weighted by Gasteiger charge is -2.16. The number of hydrogen-bond acceptors (Lipinski definition) is 1. The molecule has 104 valence electrons. The van der Waals surface area contributed by atoms with Gasteiger partial charge in [-0.1, -0.05) is 71.8 Å². The van der Waals surface area contributed by atoms with Gasteiger partial charge in [-0.15, -0.1) is 0 Å². The smallest absolute Gasteiger partial charge is 0.193 e. The van der Waals surface area contributed by atoms with E-state index in [1.54, 1.807) is 6.07 Å². The van der Waals surface area contributed by atoms with Crippen molar-refractivity contribution in [2.24, 2.45) is 0 Å². The predicted molar refractivity (Wildman–Crippen MR) is 87.0 cm³/mol. The minimum absolute atomic E-state index is 0.0150. The number of carbonyl (C=O) groups is 1. The number of hydrogen-bond donors (Lipinski definition) is 0. The van der Waals surface area contributed by atoms with E-state index >= 15 is 0 Å². The molecule has 0 aromatic heterocycles. The van der Waals surface area contributed by atoms with Gasteiger partial charge in [0.1, 0.15) is 0 Å². The van der Waals surface area contributed by atoms with Crippen LogP contribution >= 0.6 is 11.6 Å². The summed E-state index contributed by atoms with van der Waals surface area (Å²) in [6, 6.07) is 14.9. The molecule has 1 aliphatic carbocycles. The average Bonchev–Trinajstić information content (AvgIpc) is 2.93. The Hall–Kier alpha value is -2.12. The maximum atomic E-state index is 12.8. The number of ketones is 1. The van der Waals surface area contributed by atoms with E-state index in [4.69, 9.17) is 11.6 Å². The highest BCUT2D eigenvalue weighted by atomic mass is 35.5. The molecule has 0 saturated carbocycles. The van der Waals surface area contributed by atoms with Gasteiger partial charge in [0.2, 0.25) is 0 Å². The molecule has 0 spiro atoms. The van der Waals surface area contributed by atoms with Gasteiger partial charge in [-0.3, -0.25) is 4.79 Å². The Bertz CT molecular complexity index is 741. The zero-order valence-corrected chi connectivity index (χ0v) is 12.5. The molecule has 0 bridgehead atoms. The third-order valence-corrected chi connectivity index (χ3v) is 4.02. The summed E-state index contributed by atoms with van der Waals surface area (Å²) in [5.74, 6) is 0.172. The van der Waals surface area contributed by atoms with Crippen LogP contribution in [0.1, 0.15) is 34.3 Å². The number of halogens is 1. The molecule has 2 aromatic rings. The minimum Gasteiger partial charge on any atom is -0.289 e. The topological polar surface area (TPSA) is 17.1 Å². The maximum Gasteiger partial charge on any atom is 0.193 e. The first-order valence-electron chi connectivity index (χ1n) is 6.91. The summed E-state index contributed by atoms with van der Waals surface area (Å²) in [5, 5.41) is 0.585. The fourth-order valence-corrected chi connectivity index (χ4v) is 2.84. The molecule has 21 heavy (non-hydrogen) atoms. The Kier molecular flexibility index (Phi) is 3.76. The minimum atomic E-state index is 0.0150. The molecule has 0 heterocycles. The normalized spacial score (nSPS) is 16.9. The van der Waals surface area contributed by atoms with E-state index in [-0.39, 0.29) is 11.7 Å². The van der Waals surface area contributed by atoms with Gasteiger partial charge in [0.05, 0.1) is 0 Å². The molecule has 0 amide bonds. The molecule has 2 aromatic carbocycles. The number of rotatable bonds is 3. The highest BCUT2D eigenvalue weighted by Crippen LogP contribution is 2.34. The highest BCUT2D eigenvalue weighted by molar-refractivity contribution is 6.31. The molecule has 0 fully saturated rings. The highest BCUT2D eigenvalue weighted by Gasteiger charge is 2.21. The van der Waals surface area contributed by atoms with Gasteiger partial charge in [0, 0.05) is 22.1 Å². The van der Waals surface area contributed by atoms with Crippen molar-refractivity contribution in [1.82, 2.24) is 0 Å². The van der Waals surface area contributed by atoms with Crippen molar-refractivity contribution in [3.8, 4) is 0 Å². The van der Waals surface area contributed by atoms with E-state index in [1.807, 2.05) is 48.5 Å². The summed E-state index contributed by atoms with van der Waals surface area (Å²) in [7, 11) is 0. The van der Waals surface area contributed by atoms with Crippen molar-refractivity contribution in [3.05, 3.63) is 94.0 Å². The number of allylic oxidation sites excluding steroid dienone is 4. The first kappa shape index (κ1) is 13.8. The van der Waals surface area contributed by atoms with Gasteiger partial charge >= 0.3 is 0 Å². The summed E-state index contributed by atoms with van der Waals surface area (Å²) in [6.45, 7) is 2.08. The fraction of sp³-hybridized carbons (Fsp3) is 0.105. The Morgan fingerprint density at radius 1 is 1.10 bits per heavy atom. The van der Waals surface area contributed by atoms with Crippen LogP contribution in [0.5, 0.6) is 0 Å². The molecule has 1 aliphatic rings. The summed E-state index contributed by atoms with van der Waals surface area (Å²) < 4.78 is 0. The molecular formula is C19H15ClO. The third kappa shape index (κ3) is 2.70. The molecule has 3 rings (SSSR count). The van der Waals surface area contributed by atoms with Gasteiger partial charge < -0.3 is 0 Å². The molecule has 0 N–H and O–H groups in total. The summed E-state index contributed by atoms with van der Waals surface area (Å²) in [5.41, 5.74) is 3.61. The first-order chi connectivity index (χ1) is 10.2. The molecule has 1 atom stereocenters. The second kappa shape index (κ2) is 5.71. The van der Waals surface area contributed by atoms with E-state index in [1.165, 1.54) is 5.57 Å². The Morgan fingerprint density at radius 3 is 2.52 bits per heavy atom. The maximum absolute atomic E-state index is 12.8. The Labute approximate surface area is 129 Å². The molecule has 1 unspecified atom stereocenters. The average molecular weight is 295 g/mol. The quantitative estimate of drug-likeness (QED) is 0.714. The van der Waals surface area contributed by atoms with Gasteiger partial charge in [-0.2, -0.15) is 0 Å². The molecule has 0 aliphatic heterocycles. The molecule has 0 radical (unpaired) electrons. The van der Waals surface area contributed by atoms with Crippen LogP contribution < -0.4 is 0 Å². The lowest BCUT2D eigenvalue weighted by atomic mass is 9.88. The van der Waals surface area contributed by atoms with E-state index in [0.29, 0.717) is 16.1 Å². The summed E-state index contributed by atoms with van der Waals surface area (Å²) in [4.78, 5) is 12.8. The van der Waals surface area contributed by atoms with E-state index in [9.17, 15) is 4.79 Å². The second-order valence-electron chi connectivity index (χ2n) is 5.20. The van der Waals surface area contributed by atoms with Crippen molar-refractivity contribution in [1.29, 1.82) is 0 Å². The Balaban J connectivity index is 2.09. The van der Waals surface area contributed by atoms with Crippen LogP contribution in [0.3, 0.4) is 0 Å². The zero-order valence-electron chi connectivity index (χ0n) is 11.7. The summed E-state index contributed by atoms with van der Waals surface area (Å²) >= 11 is 6.11. The van der Waals surface area contributed by atoms with Gasteiger partial charge in [0.15, 0.2) is 5.78 Å². The summed E-state index contributed by atoms with van der Waals surface area (Å²) in [6.07, 6.45) is 6.22. The first-order valence-corrected chi connectivity index (χ1v) is 7.29. The van der Waals surface area contributed by atoms with Crippen LogP contribution in [0.4, 0.5) is 0 Å². The van der Waals surface area contributed by atoms with E-state index in [2.05, 4.69) is 19.1 Å². The van der Waals surface area contributed by atoms with Crippen molar-refractivity contribution in [3.63, 3.8) is 0 Å². The molecule has 2 heteroatoms. The standard InChI is InChI=1S/C19H15ClO/c1-13-6-5-9-16(13)17-11-10-15(20)12-18(17)19(21)14-7-3-2-4-8-14/h2-12,16H,1H3. The van der Waals surface area contributed by atoms with Gasteiger partial charge in [-0.05, 0) is 24.6 Å². The third-order valence-electron chi connectivity index (χ3n) is 3.78. The van der Waals surface area contributed by atoms with Crippen LogP contribution in [0.25, 0.3) is 0 Å². The monoisotopic (exact) mass is 294 g/mol. The van der Waals surface area contributed by atoms with Crippen molar-refractivity contribution >= 4 is 17.4 Å². The molecular weight excluding hydrogens is 280 g/mol. The molecule has 1 nitrogen and oxygen atoms in total. The van der Waals surface area contributed by atoms with Crippen molar-refractivity contribution in [2.45, 2.75) is 12.8 Å². The van der Waals surface area contributed by atoms with Gasteiger partial charge in [0.25, 0.3) is 0 Å². The van der Waals surface area contributed by atoms with Crippen LogP contribution in [-0.2, 0) is 0 Å². The van der Waals surface area contributed by atoms with E-state index < -0.39 is 0 Å².